The molecule has 1 aromatic carbocycles. The number of thioether (sulfide) groups is 1. The number of aromatic nitrogens is 1. The van der Waals surface area contributed by atoms with Crippen molar-refractivity contribution in [3.8, 4) is 0 Å². The molecule has 1 saturated heterocycles. The van der Waals surface area contributed by atoms with Gasteiger partial charge in [-0.2, -0.15) is 0 Å². The van der Waals surface area contributed by atoms with Gasteiger partial charge in [-0.15, -0.1) is 24.2 Å². The maximum Gasteiger partial charge on any atom is 0.233 e. The number of piperazine rings is 1. The highest BCUT2D eigenvalue weighted by atomic mass is 35.5. The Morgan fingerprint density at radius 2 is 2.07 bits per heavy atom. The van der Waals surface area contributed by atoms with Crippen molar-refractivity contribution in [2.45, 2.75) is 39.0 Å². The van der Waals surface area contributed by atoms with E-state index < -0.39 is 0 Å². The minimum absolute atomic E-state index is 0. The van der Waals surface area contributed by atoms with E-state index in [1.165, 1.54) is 11.1 Å². The summed E-state index contributed by atoms with van der Waals surface area (Å²) in [6, 6.07) is 8.76. The predicted molar refractivity (Wildman–Crippen MR) is 113 cm³/mol. The molecule has 148 valence electrons. The summed E-state index contributed by atoms with van der Waals surface area (Å²) < 4.78 is 5.20. The normalized spacial score (nSPS) is 16.9. The van der Waals surface area contributed by atoms with E-state index in [1.807, 2.05) is 18.7 Å². The van der Waals surface area contributed by atoms with Gasteiger partial charge in [0.25, 0.3) is 0 Å². The lowest BCUT2D eigenvalue weighted by Crippen LogP contribution is -2.49. The SMILES string of the molecule is CCc1ccc(C2CNCCN2C(=O)CSCc2c(C)noc2C)cc1.Cl. The van der Waals surface area contributed by atoms with Gasteiger partial charge in [0.05, 0.1) is 17.5 Å². The summed E-state index contributed by atoms with van der Waals surface area (Å²) in [7, 11) is 0. The Hall–Kier alpha value is -1.50. The molecule has 3 rings (SSSR count). The molecule has 1 atom stereocenters. The number of carbonyl (C=O) groups excluding carboxylic acids is 1. The maximum atomic E-state index is 12.8. The molecule has 0 spiro atoms. The fraction of sp³-hybridized carbons (Fsp3) is 0.500. The van der Waals surface area contributed by atoms with E-state index in [0.29, 0.717) is 5.75 Å². The molecule has 2 heterocycles. The van der Waals surface area contributed by atoms with Gasteiger partial charge in [0.2, 0.25) is 5.91 Å². The molecule has 0 aliphatic carbocycles. The molecule has 1 N–H and O–H groups in total. The van der Waals surface area contributed by atoms with E-state index in [1.54, 1.807) is 11.8 Å². The summed E-state index contributed by atoms with van der Waals surface area (Å²) in [4.78, 5) is 14.9. The molecule has 2 aromatic rings. The average molecular weight is 410 g/mol. The first-order chi connectivity index (χ1) is 12.6. The Morgan fingerprint density at radius 1 is 1.33 bits per heavy atom. The number of halogens is 1. The fourth-order valence-corrected chi connectivity index (χ4v) is 4.37. The van der Waals surface area contributed by atoms with Crippen molar-refractivity contribution in [1.29, 1.82) is 0 Å². The topological polar surface area (TPSA) is 58.4 Å². The van der Waals surface area contributed by atoms with E-state index >= 15 is 0 Å². The summed E-state index contributed by atoms with van der Waals surface area (Å²) in [5, 5.41) is 7.40. The highest BCUT2D eigenvalue weighted by Crippen LogP contribution is 2.25. The molecule has 5 nitrogen and oxygen atoms in total. The lowest BCUT2D eigenvalue weighted by Gasteiger charge is -2.36. The highest BCUT2D eigenvalue weighted by Gasteiger charge is 2.27. The fourth-order valence-electron chi connectivity index (χ4n) is 3.31. The van der Waals surface area contributed by atoms with Crippen LogP contribution >= 0.6 is 24.2 Å². The molecule has 27 heavy (non-hydrogen) atoms. The van der Waals surface area contributed by atoms with Crippen LogP contribution in [0.4, 0.5) is 0 Å². The molecule has 7 heteroatoms. The number of amides is 1. The maximum absolute atomic E-state index is 12.8. The van der Waals surface area contributed by atoms with Crippen LogP contribution in [0, 0.1) is 13.8 Å². The lowest BCUT2D eigenvalue weighted by atomic mass is 10.0. The second kappa shape index (κ2) is 10.2. The van der Waals surface area contributed by atoms with Crippen LogP contribution in [0.3, 0.4) is 0 Å². The lowest BCUT2D eigenvalue weighted by molar-refractivity contribution is -0.131. The second-order valence-corrected chi connectivity index (χ2v) is 7.68. The van der Waals surface area contributed by atoms with Gasteiger partial charge >= 0.3 is 0 Å². The summed E-state index contributed by atoms with van der Waals surface area (Å²) in [5.41, 5.74) is 4.55. The number of nitrogens with zero attached hydrogens (tertiary/aromatic N) is 2. The van der Waals surface area contributed by atoms with Crippen LogP contribution in [-0.2, 0) is 17.0 Å². The largest absolute Gasteiger partial charge is 0.361 e. The van der Waals surface area contributed by atoms with Crippen molar-refractivity contribution >= 4 is 30.1 Å². The van der Waals surface area contributed by atoms with E-state index in [9.17, 15) is 4.79 Å². The average Bonchev–Trinajstić information content (AvgIpc) is 3.00. The zero-order valence-corrected chi connectivity index (χ0v) is 17.8. The Morgan fingerprint density at radius 3 is 2.70 bits per heavy atom. The quantitative estimate of drug-likeness (QED) is 0.788. The molecule has 1 fully saturated rings. The standard InChI is InChI=1S/C20H27N3O2S.ClH/c1-4-16-5-7-17(8-6-16)19-11-21-9-10-23(19)20(24)13-26-12-18-14(2)22-25-15(18)3;/h5-8,19,21H,4,9-13H2,1-3H3;1H. The number of aryl methyl sites for hydroxylation is 3. The Balaban J connectivity index is 0.00000261. The molecule has 1 aromatic heterocycles. The van der Waals surface area contributed by atoms with Crippen molar-refractivity contribution in [3.05, 3.63) is 52.4 Å². The first-order valence-corrected chi connectivity index (χ1v) is 10.3. The van der Waals surface area contributed by atoms with E-state index in [-0.39, 0.29) is 24.4 Å². The number of rotatable bonds is 6. The minimum atomic E-state index is 0. The van der Waals surface area contributed by atoms with Crippen LogP contribution in [0.25, 0.3) is 0 Å². The van der Waals surface area contributed by atoms with Gasteiger partial charge in [0, 0.05) is 31.0 Å². The third-order valence-corrected chi connectivity index (χ3v) is 5.93. The van der Waals surface area contributed by atoms with Crippen molar-refractivity contribution in [3.63, 3.8) is 0 Å². The van der Waals surface area contributed by atoms with Crippen LogP contribution in [0.2, 0.25) is 0 Å². The van der Waals surface area contributed by atoms with Gasteiger partial charge in [0.15, 0.2) is 0 Å². The van der Waals surface area contributed by atoms with E-state index in [4.69, 9.17) is 4.52 Å². The highest BCUT2D eigenvalue weighted by molar-refractivity contribution is 7.99. The zero-order valence-electron chi connectivity index (χ0n) is 16.2. The van der Waals surface area contributed by atoms with E-state index in [2.05, 4.69) is 41.7 Å². The molecule has 0 bridgehead atoms. The number of hydrogen-bond donors (Lipinski definition) is 1. The molecule has 1 aliphatic rings. The zero-order chi connectivity index (χ0) is 18.5. The van der Waals surface area contributed by atoms with E-state index in [0.717, 1.165) is 48.8 Å². The Bertz CT molecular complexity index is 729. The molecule has 0 radical (unpaired) electrons. The first kappa shape index (κ1) is 21.8. The molecule has 0 saturated carbocycles. The van der Waals surface area contributed by atoms with Crippen molar-refractivity contribution in [2.75, 3.05) is 25.4 Å². The van der Waals surface area contributed by atoms with Gasteiger partial charge in [-0.05, 0) is 31.4 Å². The van der Waals surface area contributed by atoms with Crippen molar-refractivity contribution in [2.24, 2.45) is 0 Å². The molecular formula is C20H28ClN3O2S. The van der Waals surface area contributed by atoms with Gasteiger partial charge in [-0.3, -0.25) is 4.79 Å². The monoisotopic (exact) mass is 409 g/mol. The van der Waals surface area contributed by atoms with Crippen LogP contribution in [0.15, 0.2) is 28.8 Å². The van der Waals surface area contributed by atoms with Gasteiger partial charge in [-0.25, -0.2) is 0 Å². The van der Waals surface area contributed by atoms with Crippen LogP contribution in [0.1, 0.15) is 41.1 Å². The third kappa shape index (κ3) is 5.27. The summed E-state index contributed by atoms with van der Waals surface area (Å²) in [5.74, 6) is 2.29. The van der Waals surface area contributed by atoms with Crippen LogP contribution < -0.4 is 5.32 Å². The van der Waals surface area contributed by atoms with Gasteiger partial charge < -0.3 is 14.7 Å². The first-order valence-electron chi connectivity index (χ1n) is 9.18. The molecule has 1 amide bonds. The molecule has 1 unspecified atom stereocenters. The summed E-state index contributed by atoms with van der Waals surface area (Å²) in [6.45, 7) is 8.44. The number of nitrogens with one attached hydrogen (secondary N) is 1. The number of carbonyl (C=O) groups is 1. The van der Waals surface area contributed by atoms with Gasteiger partial charge in [0.1, 0.15) is 5.76 Å². The molecular weight excluding hydrogens is 382 g/mol. The van der Waals surface area contributed by atoms with Crippen LogP contribution in [-0.4, -0.2) is 41.4 Å². The predicted octanol–water partition coefficient (Wildman–Crippen LogP) is 3.68. The summed E-state index contributed by atoms with van der Waals surface area (Å²) >= 11 is 1.63. The summed E-state index contributed by atoms with van der Waals surface area (Å²) in [6.07, 6.45) is 1.03. The minimum Gasteiger partial charge on any atom is -0.361 e. The van der Waals surface area contributed by atoms with Crippen LogP contribution in [0.5, 0.6) is 0 Å². The Labute approximate surface area is 171 Å². The smallest absolute Gasteiger partial charge is 0.233 e. The number of hydrogen-bond acceptors (Lipinski definition) is 5. The van der Waals surface area contributed by atoms with Gasteiger partial charge in [-0.1, -0.05) is 36.3 Å². The third-order valence-electron chi connectivity index (χ3n) is 4.99. The second-order valence-electron chi connectivity index (χ2n) is 6.70. The van der Waals surface area contributed by atoms with Crippen molar-refractivity contribution < 1.29 is 9.32 Å². The number of benzene rings is 1. The Kier molecular flexibility index (Phi) is 8.20. The van der Waals surface area contributed by atoms with Crippen molar-refractivity contribution in [1.82, 2.24) is 15.4 Å². The molecule has 1 aliphatic heterocycles.